The van der Waals surface area contributed by atoms with E-state index in [-0.39, 0.29) is 24.8 Å². The predicted molar refractivity (Wildman–Crippen MR) is 112 cm³/mol. The molecule has 0 unspecified atom stereocenters. The highest BCUT2D eigenvalue weighted by Crippen LogP contribution is 2.35. The summed E-state index contributed by atoms with van der Waals surface area (Å²) in [4.78, 5) is 27.2. The van der Waals surface area contributed by atoms with E-state index < -0.39 is 0 Å². The van der Waals surface area contributed by atoms with Gasteiger partial charge in [0, 0.05) is 23.9 Å². The number of hydrogen-bond donors (Lipinski definition) is 0. The van der Waals surface area contributed by atoms with Gasteiger partial charge < -0.3 is 14.4 Å². The third-order valence-corrected chi connectivity index (χ3v) is 5.47. The van der Waals surface area contributed by atoms with Crippen LogP contribution in [0.15, 0.2) is 53.3 Å². The number of carbonyl (C=O) groups excluding carboxylic acids is 1. The second-order valence-electron chi connectivity index (χ2n) is 7.56. The Kier molecular flexibility index (Phi) is 4.50. The quantitative estimate of drug-likeness (QED) is 0.672. The van der Waals surface area contributed by atoms with E-state index in [1.54, 1.807) is 11.0 Å². The Hall–Kier alpha value is -3.61. The van der Waals surface area contributed by atoms with Gasteiger partial charge in [0.25, 0.3) is 5.56 Å². The molecule has 0 spiro atoms. The number of aromatic nitrogens is 2. The average molecular weight is 403 g/mol. The van der Waals surface area contributed by atoms with Crippen molar-refractivity contribution in [2.24, 2.45) is 0 Å². The highest BCUT2D eigenvalue weighted by Gasteiger charge is 2.23. The molecule has 0 saturated carbocycles. The summed E-state index contributed by atoms with van der Waals surface area (Å²) in [5, 5.41) is 4.43. The van der Waals surface area contributed by atoms with Crippen molar-refractivity contribution in [3.05, 3.63) is 70.0 Å². The number of amides is 1. The van der Waals surface area contributed by atoms with Crippen LogP contribution in [0.25, 0.3) is 11.3 Å². The van der Waals surface area contributed by atoms with Crippen LogP contribution in [0.5, 0.6) is 11.5 Å². The van der Waals surface area contributed by atoms with E-state index in [0.717, 1.165) is 24.1 Å². The lowest BCUT2D eigenvalue weighted by Crippen LogP contribution is -2.40. The van der Waals surface area contributed by atoms with Gasteiger partial charge in [-0.25, -0.2) is 4.68 Å². The molecule has 0 aliphatic carbocycles. The second-order valence-corrected chi connectivity index (χ2v) is 7.56. The number of nitrogens with zero attached hydrogens (tertiary/aromatic N) is 3. The molecule has 0 fully saturated rings. The fourth-order valence-corrected chi connectivity index (χ4v) is 3.97. The number of benzene rings is 2. The van der Waals surface area contributed by atoms with E-state index in [2.05, 4.69) is 11.2 Å². The first-order valence-corrected chi connectivity index (χ1v) is 9.96. The number of anilines is 1. The van der Waals surface area contributed by atoms with Crippen LogP contribution < -0.4 is 19.9 Å². The molecule has 7 nitrogen and oxygen atoms in total. The van der Waals surface area contributed by atoms with Gasteiger partial charge in [0.05, 0.1) is 5.69 Å². The Bertz CT molecular complexity index is 1200. The summed E-state index contributed by atoms with van der Waals surface area (Å²) in [6.07, 6.45) is 1.86. The summed E-state index contributed by atoms with van der Waals surface area (Å²) in [6, 6.07) is 14.7. The predicted octanol–water partition coefficient (Wildman–Crippen LogP) is 2.93. The maximum absolute atomic E-state index is 13.1. The molecule has 3 heterocycles. The molecule has 0 bridgehead atoms. The standard InChI is InChI=1S/C23H21N3O4/c1-15-4-7-19-17(11-15)3-2-10-25(19)23(28)13-26-22(27)9-6-18(24-26)16-5-8-20-21(12-16)30-14-29-20/h4-9,11-12H,2-3,10,13-14H2,1H3. The first kappa shape index (κ1) is 18.4. The maximum atomic E-state index is 13.1. The van der Waals surface area contributed by atoms with Crippen LogP contribution in [-0.2, 0) is 17.8 Å². The van der Waals surface area contributed by atoms with Crippen molar-refractivity contribution >= 4 is 11.6 Å². The number of fused-ring (bicyclic) bond motifs is 2. The summed E-state index contributed by atoms with van der Waals surface area (Å²) in [6.45, 7) is 2.78. The van der Waals surface area contributed by atoms with E-state index in [0.29, 0.717) is 23.7 Å². The number of ether oxygens (including phenoxy) is 2. The van der Waals surface area contributed by atoms with Crippen molar-refractivity contribution in [2.75, 3.05) is 18.2 Å². The lowest BCUT2D eigenvalue weighted by molar-refractivity contribution is -0.119. The molecule has 2 aliphatic rings. The van der Waals surface area contributed by atoms with Crippen LogP contribution in [0.3, 0.4) is 0 Å². The Balaban J connectivity index is 1.42. The monoisotopic (exact) mass is 403 g/mol. The van der Waals surface area contributed by atoms with Crippen LogP contribution in [0.2, 0.25) is 0 Å². The number of rotatable bonds is 3. The molecule has 30 heavy (non-hydrogen) atoms. The third-order valence-electron chi connectivity index (χ3n) is 5.47. The summed E-state index contributed by atoms with van der Waals surface area (Å²) < 4.78 is 12.0. The van der Waals surface area contributed by atoms with Crippen molar-refractivity contribution in [1.82, 2.24) is 9.78 Å². The lowest BCUT2D eigenvalue weighted by Gasteiger charge is -2.30. The normalized spacial score (nSPS) is 14.5. The average Bonchev–Trinajstić information content (AvgIpc) is 3.22. The van der Waals surface area contributed by atoms with E-state index in [9.17, 15) is 9.59 Å². The highest BCUT2D eigenvalue weighted by atomic mass is 16.7. The van der Waals surface area contributed by atoms with Gasteiger partial charge in [-0.05, 0) is 55.7 Å². The zero-order valence-corrected chi connectivity index (χ0v) is 16.6. The molecule has 2 aromatic carbocycles. The Morgan fingerprint density at radius 1 is 1.07 bits per heavy atom. The number of aryl methyl sites for hydroxylation is 2. The Labute approximate surface area is 173 Å². The van der Waals surface area contributed by atoms with Gasteiger partial charge in [-0.3, -0.25) is 9.59 Å². The van der Waals surface area contributed by atoms with Crippen LogP contribution in [0.4, 0.5) is 5.69 Å². The third kappa shape index (κ3) is 3.32. The summed E-state index contributed by atoms with van der Waals surface area (Å²) in [5.74, 6) is 1.18. The van der Waals surface area contributed by atoms with E-state index >= 15 is 0 Å². The minimum absolute atomic E-state index is 0.107. The number of hydrogen-bond acceptors (Lipinski definition) is 5. The largest absolute Gasteiger partial charge is 0.454 e. The lowest BCUT2D eigenvalue weighted by atomic mass is 9.99. The fourth-order valence-electron chi connectivity index (χ4n) is 3.97. The summed E-state index contributed by atoms with van der Waals surface area (Å²) in [5.41, 5.74) is 4.35. The molecule has 2 aliphatic heterocycles. The van der Waals surface area contributed by atoms with Gasteiger partial charge in [-0.15, -0.1) is 0 Å². The molecule has 152 valence electrons. The minimum Gasteiger partial charge on any atom is -0.454 e. The molecule has 0 radical (unpaired) electrons. The van der Waals surface area contributed by atoms with Crippen molar-refractivity contribution in [3.8, 4) is 22.8 Å². The van der Waals surface area contributed by atoms with Gasteiger partial charge in [-0.1, -0.05) is 17.7 Å². The van der Waals surface area contributed by atoms with Crippen molar-refractivity contribution in [1.29, 1.82) is 0 Å². The van der Waals surface area contributed by atoms with Gasteiger partial charge >= 0.3 is 0 Å². The molecule has 7 heteroatoms. The zero-order valence-electron chi connectivity index (χ0n) is 16.6. The van der Waals surface area contributed by atoms with E-state index in [1.165, 1.54) is 21.9 Å². The molecular formula is C23H21N3O4. The van der Waals surface area contributed by atoms with Gasteiger partial charge in [0.15, 0.2) is 11.5 Å². The Morgan fingerprint density at radius 2 is 1.93 bits per heavy atom. The molecular weight excluding hydrogens is 382 g/mol. The van der Waals surface area contributed by atoms with Crippen molar-refractivity contribution < 1.29 is 14.3 Å². The molecule has 5 rings (SSSR count). The highest BCUT2D eigenvalue weighted by molar-refractivity contribution is 5.94. The molecule has 0 atom stereocenters. The molecule has 1 aromatic heterocycles. The molecule has 1 amide bonds. The van der Waals surface area contributed by atoms with Crippen molar-refractivity contribution in [2.45, 2.75) is 26.3 Å². The number of carbonyl (C=O) groups is 1. The van der Waals surface area contributed by atoms with Gasteiger partial charge in [-0.2, -0.15) is 5.10 Å². The first-order chi connectivity index (χ1) is 14.6. The molecule has 0 saturated heterocycles. The minimum atomic E-state index is -0.311. The SMILES string of the molecule is Cc1ccc2c(c1)CCCN2C(=O)Cn1nc(-c2ccc3c(c2)OCO3)ccc1=O. The first-order valence-electron chi connectivity index (χ1n) is 9.96. The van der Waals surface area contributed by atoms with Crippen LogP contribution in [-0.4, -0.2) is 29.0 Å². The summed E-state index contributed by atoms with van der Waals surface area (Å²) in [7, 11) is 0. The van der Waals surface area contributed by atoms with E-state index in [4.69, 9.17) is 9.47 Å². The topological polar surface area (TPSA) is 73.7 Å². The Morgan fingerprint density at radius 3 is 2.83 bits per heavy atom. The fraction of sp³-hybridized carbons (Fsp3) is 0.261. The van der Waals surface area contributed by atoms with Gasteiger partial charge in [0.1, 0.15) is 6.54 Å². The smallest absolute Gasteiger partial charge is 0.267 e. The van der Waals surface area contributed by atoms with Crippen LogP contribution >= 0.6 is 0 Å². The molecule has 3 aromatic rings. The van der Waals surface area contributed by atoms with Crippen LogP contribution in [0, 0.1) is 6.92 Å². The maximum Gasteiger partial charge on any atom is 0.267 e. The van der Waals surface area contributed by atoms with Gasteiger partial charge in [0.2, 0.25) is 12.7 Å². The molecule has 0 N–H and O–H groups in total. The van der Waals surface area contributed by atoms with Crippen molar-refractivity contribution in [3.63, 3.8) is 0 Å². The van der Waals surface area contributed by atoms with Crippen LogP contribution in [0.1, 0.15) is 17.5 Å². The summed E-state index contributed by atoms with van der Waals surface area (Å²) >= 11 is 0. The zero-order chi connectivity index (χ0) is 20.7. The van der Waals surface area contributed by atoms with E-state index in [1.807, 2.05) is 37.3 Å². The second kappa shape index (κ2) is 7.33.